The summed E-state index contributed by atoms with van der Waals surface area (Å²) < 4.78 is 10.7. The number of nitrogens with one attached hydrogen (secondary N) is 1. The van der Waals surface area contributed by atoms with E-state index < -0.39 is 6.03 Å². The zero-order valence-electron chi connectivity index (χ0n) is 21.3. The summed E-state index contributed by atoms with van der Waals surface area (Å²) in [5.41, 5.74) is 1.57. The van der Waals surface area contributed by atoms with Crippen molar-refractivity contribution < 1.29 is 19.1 Å². The Hall–Kier alpha value is -3.49. The van der Waals surface area contributed by atoms with E-state index in [9.17, 15) is 9.59 Å². The van der Waals surface area contributed by atoms with Crippen molar-refractivity contribution >= 4 is 40.6 Å². The number of amides is 3. The van der Waals surface area contributed by atoms with E-state index in [1.54, 1.807) is 60.8 Å². The summed E-state index contributed by atoms with van der Waals surface area (Å²) in [6.45, 7) is 6.85. The van der Waals surface area contributed by atoms with Crippen LogP contribution in [0.15, 0.2) is 67.3 Å². The number of rotatable bonds is 12. The van der Waals surface area contributed by atoms with Crippen molar-refractivity contribution in [3.8, 4) is 11.5 Å². The lowest BCUT2D eigenvalue weighted by Crippen LogP contribution is -2.44. The van der Waals surface area contributed by atoms with E-state index in [4.69, 9.17) is 21.1 Å². The van der Waals surface area contributed by atoms with E-state index in [0.717, 1.165) is 10.4 Å². The van der Waals surface area contributed by atoms with E-state index >= 15 is 0 Å². The lowest BCUT2D eigenvalue weighted by atomic mass is 10.1. The van der Waals surface area contributed by atoms with Crippen LogP contribution < -0.4 is 14.8 Å². The summed E-state index contributed by atoms with van der Waals surface area (Å²) >= 11 is 7.69. The summed E-state index contributed by atoms with van der Waals surface area (Å²) in [4.78, 5) is 31.9. The fourth-order valence-electron chi connectivity index (χ4n) is 3.76. The van der Waals surface area contributed by atoms with Crippen LogP contribution in [-0.4, -0.2) is 55.6 Å². The minimum atomic E-state index is -0.401. The Morgan fingerprint density at radius 2 is 1.84 bits per heavy atom. The van der Waals surface area contributed by atoms with Gasteiger partial charge in [-0.2, -0.15) is 0 Å². The zero-order valence-corrected chi connectivity index (χ0v) is 22.9. The van der Waals surface area contributed by atoms with E-state index in [0.29, 0.717) is 41.7 Å². The highest BCUT2D eigenvalue weighted by atomic mass is 35.5. The topological polar surface area (TPSA) is 71.1 Å². The summed E-state index contributed by atoms with van der Waals surface area (Å²) in [6.07, 6.45) is 2.22. The SMILES string of the molecule is C=CCN(CC(=O)N(CCc1ccc(OC)c(OC)c1)Cc1ccc(C)s1)C(=O)Nc1cccc(Cl)c1. The molecule has 0 unspecified atom stereocenters. The van der Waals surface area contributed by atoms with Gasteiger partial charge in [-0.1, -0.05) is 29.8 Å². The van der Waals surface area contributed by atoms with Gasteiger partial charge in [0.25, 0.3) is 0 Å². The van der Waals surface area contributed by atoms with Gasteiger partial charge in [-0.15, -0.1) is 17.9 Å². The molecule has 1 N–H and O–H groups in total. The van der Waals surface area contributed by atoms with Gasteiger partial charge >= 0.3 is 6.03 Å². The van der Waals surface area contributed by atoms with Crippen molar-refractivity contribution in [2.24, 2.45) is 0 Å². The van der Waals surface area contributed by atoms with Crippen molar-refractivity contribution in [3.63, 3.8) is 0 Å². The van der Waals surface area contributed by atoms with Crippen LogP contribution in [0.2, 0.25) is 5.02 Å². The second-order valence-corrected chi connectivity index (χ2v) is 10.2. The van der Waals surface area contributed by atoms with E-state index in [2.05, 4.69) is 11.9 Å². The number of nitrogens with zero attached hydrogens (tertiary/aromatic N) is 2. The highest BCUT2D eigenvalue weighted by molar-refractivity contribution is 7.11. The largest absolute Gasteiger partial charge is 0.493 e. The van der Waals surface area contributed by atoms with Gasteiger partial charge in [0.1, 0.15) is 6.54 Å². The molecule has 0 fully saturated rings. The Balaban J connectivity index is 1.74. The molecule has 0 aliphatic carbocycles. The Morgan fingerprint density at radius 1 is 1.05 bits per heavy atom. The van der Waals surface area contributed by atoms with Crippen molar-refractivity contribution in [1.29, 1.82) is 0 Å². The number of aryl methyl sites for hydroxylation is 1. The molecule has 3 amide bonds. The van der Waals surface area contributed by atoms with Crippen molar-refractivity contribution in [3.05, 3.63) is 87.6 Å². The fourth-order valence-corrected chi connectivity index (χ4v) is 4.85. The number of ether oxygens (including phenoxy) is 2. The third-order valence-electron chi connectivity index (χ3n) is 5.65. The van der Waals surface area contributed by atoms with Gasteiger partial charge in [0.05, 0.1) is 20.8 Å². The highest BCUT2D eigenvalue weighted by Gasteiger charge is 2.22. The standard InChI is InChI=1S/C28H32ClN3O4S/c1-5-14-32(28(34)30-23-8-6-7-22(29)17-23)19-27(33)31(18-24-11-9-20(2)37-24)15-13-21-10-12-25(35-3)26(16-21)36-4/h5-12,16-17H,1,13-15,18-19H2,2-4H3,(H,30,34). The molecule has 3 rings (SSSR count). The molecule has 1 heterocycles. The van der Waals surface area contributed by atoms with Crippen molar-refractivity contribution in [1.82, 2.24) is 9.80 Å². The molecule has 7 nitrogen and oxygen atoms in total. The van der Waals surface area contributed by atoms with Crippen molar-refractivity contribution in [2.75, 3.05) is 39.2 Å². The second kappa shape index (κ2) is 13.7. The van der Waals surface area contributed by atoms with Gasteiger partial charge in [0.15, 0.2) is 11.5 Å². The van der Waals surface area contributed by atoms with Crippen LogP contribution in [0.25, 0.3) is 0 Å². The Kier molecular flexibility index (Phi) is 10.4. The maximum atomic E-state index is 13.5. The van der Waals surface area contributed by atoms with E-state index in [1.165, 1.54) is 9.78 Å². The summed E-state index contributed by atoms with van der Waals surface area (Å²) in [7, 11) is 3.19. The zero-order chi connectivity index (χ0) is 26.8. The molecule has 9 heteroatoms. The lowest BCUT2D eigenvalue weighted by molar-refractivity contribution is -0.132. The minimum Gasteiger partial charge on any atom is -0.493 e. The highest BCUT2D eigenvalue weighted by Crippen LogP contribution is 2.28. The molecule has 196 valence electrons. The van der Waals surface area contributed by atoms with Crippen molar-refractivity contribution in [2.45, 2.75) is 19.9 Å². The first-order chi connectivity index (χ1) is 17.8. The number of anilines is 1. The average molecular weight is 542 g/mol. The molecule has 3 aromatic rings. The third kappa shape index (κ3) is 8.27. The summed E-state index contributed by atoms with van der Waals surface area (Å²) in [5, 5.41) is 3.32. The van der Waals surface area contributed by atoms with Gasteiger partial charge in [0, 0.05) is 33.6 Å². The average Bonchev–Trinajstić information content (AvgIpc) is 3.30. The molecular weight excluding hydrogens is 510 g/mol. The molecule has 37 heavy (non-hydrogen) atoms. The Labute approximate surface area is 227 Å². The van der Waals surface area contributed by atoms with Gasteiger partial charge < -0.3 is 24.6 Å². The van der Waals surface area contributed by atoms with Gasteiger partial charge in [0.2, 0.25) is 5.91 Å². The van der Waals surface area contributed by atoms with Crippen LogP contribution in [0.1, 0.15) is 15.3 Å². The lowest BCUT2D eigenvalue weighted by Gasteiger charge is -2.27. The first kappa shape index (κ1) is 28.1. The number of carbonyl (C=O) groups excluding carboxylic acids is 2. The number of hydrogen-bond donors (Lipinski definition) is 1. The minimum absolute atomic E-state index is 0.0886. The number of carbonyl (C=O) groups is 2. The van der Waals surface area contributed by atoms with Crippen LogP contribution >= 0.6 is 22.9 Å². The molecule has 2 aromatic carbocycles. The normalized spacial score (nSPS) is 10.5. The maximum Gasteiger partial charge on any atom is 0.322 e. The maximum absolute atomic E-state index is 13.5. The number of benzene rings is 2. The van der Waals surface area contributed by atoms with E-state index in [-0.39, 0.29) is 19.0 Å². The molecule has 0 atom stereocenters. The monoisotopic (exact) mass is 541 g/mol. The van der Waals surface area contributed by atoms with Gasteiger partial charge in [-0.05, 0) is 61.4 Å². The fraction of sp³-hybridized carbons (Fsp3) is 0.286. The van der Waals surface area contributed by atoms with Crippen LogP contribution in [0.4, 0.5) is 10.5 Å². The Bertz CT molecular complexity index is 1230. The first-order valence-electron chi connectivity index (χ1n) is 11.8. The quantitative estimate of drug-likeness (QED) is 0.285. The molecule has 0 spiro atoms. The number of thiophene rings is 1. The molecule has 0 bridgehead atoms. The molecule has 0 aliphatic heterocycles. The second-order valence-electron chi connectivity index (χ2n) is 8.38. The number of methoxy groups -OCH3 is 2. The predicted molar refractivity (Wildman–Crippen MR) is 150 cm³/mol. The smallest absolute Gasteiger partial charge is 0.322 e. The van der Waals surface area contributed by atoms with Crippen LogP contribution in [0, 0.1) is 6.92 Å². The summed E-state index contributed by atoms with van der Waals surface area (Å²) in [5.74, 6) is 1.13. The summed E-state index contributed by atoms with van der Waals surface area (Å²) in [6, 6.07) is 16.3. The van der Waals surface area contributed by atoms with Gasteiger partial charge in [-0.25, -0.2) is 4.79 Å². The van der Waals surface area contributed by atoms with E-state index in [1.807, 2.05) is 37.3 Å². The van der Waals surface area contributed by atoms with Crippen LogP contribution in [0.3, 0.4) is 0 Å². The predicted octanol–water partition coefficient (Wildman–Crippen LogP) is 6.02. The number of halogens is 1. The molecule has 0 aliphatic rings. The molecular formula is C28H32ClN3O4S. The Morgan fingerprint density at radius 3 is 2.49 bits per heavy atom. The molecule has 0 radical (unpaired) electrons. The number of hydrogen-bond acceptors (Lipinski definition) is 5. The molecule has 1 aromatic heterocycles. The van der Waals surface area contributed by atoms with Crippen LogP contribution in [-0.2, 0) is 17.8 Å². The first-order valence-corrected chi connectivity index (χ1v) is 13.0. The molecule has 0 saturated carbocycles. The number of urea groups is 1. The molecule has 0 saturated heterocycles. The van der Waals surface area contributed by atoms with Gasteiger partial charge in [-0.3, -0.25) is 4.79 Å². The van der Waals surface area contributed by atoms with Crippen LogP contribution in [0.5, 0.6) is 11.5 Å². The third-order valence-corrected chi connectivity index (χ3v) is 6.87.